The lowest BCUT2D eigenvalue weighted by Gasteiger charge is -2.29. The van der Waals surface area contributed by atoms with Crippen LogP contribution >= 0.6 is 22.7 Å². The quantitative estimate of drug-likeness (QED) is 0.391. The number of aromatic nitrogens is 1. The highest BCUT2D eigenvalue weighted by molar-refractivity contribution is 7.22. The molecule has 3 aromatic rings. The van der Waals surface area contributed by atoms with E-state index in [2.05, 4.69) is 4.90 Å². The number of ether oxygens (including phenoxy) is 2. The van der Waals surface area contributed by atoms with Crippen LogP contribution in [-0.2, 0) is 4.74 Å². The molecule has 4 rings (SSSR count). The number of nitro groups is 1. The van der Waals surface area contributed by atoms with Gasteiger partial charge in [0.2, 0.25) is 0 Å². The number of methoxy groups -OCH3 is 1. The molecule has 0 atom stereocenters. The van der Waals surface area contributed by atoms with Gasteiger partial charge in [-0.1, -0.05) is 28.7 Å². The largest absolute Gasteiger partial charge is 0.494 e. The summed E-state index contributed by atoms with van der Waals surface area (Å²) in [5.74, 6) is 0.359. The molecule has 0 unspecified atom stereocenters. The number of thiazole rings is 1. The third kappa shape index (κ3) is 4.54. The van der Waals surface area contributed by atoms with Crippen LogP contribution in [0.4, 0.5) is 10.1 Å². The molecule has 2 aromatic heterocycles. The maximum atomic E-state index is 13.4. The number of anilines is 1. The summed E-state index contributed by atoms with van der Waals surface area (Å²) in [6, 6.07) is 6.70. The molecule has 0 aliphatic carbocycles. The molecule has 31 heavy (non-hydrogen) atoms. The summed E-state index contributed by atoms with van der Waals surface area (Å²) in [5, 5.41) is 11.6. The number of benzene rings is 1. The molecule has 0 radical (unpaired) electrons. The van der Waals surface area contributed by atoms with Gasteiger partial charge in [0.15, 0.2) is 5.13 Å². The molecule has 11 heteroatoms. The second-order valence-electron chi connectivity index (χ2n) is 7.06. The van der Waals surface area contributed by atoms with E-state index in [0.29, 0.717) is 47.6 Å². The maximum Gasteiger partial charge on any atom is 0.324 e. The van der Waals surface area contributed by atoms with Gasteiger partial charge in [0.1, 0.15) is 11.3 Å². The predicted octanol–water partition coefficient (Wildman–Crippen LogP) is 3.56. The van der Waals surface area contributed by atoms with E-state index in [1.807, 2.05) is 19.1 Å². The first-order chi connectivity index (χ1) is 15.0. The highest BCUT2D eigenvalue weighted by atomic mass is 32.1. The number of amides is 1. The second-order valence-corrected chi connectivity index (χ2v) is 9.10. The SMILES string of the molecule is COc1ccc(C)c2sc(N(CCN3CCOCC3)C(=O)c3ccc([N+](=O)[O-])s3)nc12. The molecule has 1 fully saturated rings. The van der Waals surface area contributed by atoms with E-state index in [1.54, 1.807) is 12.0 Å². The molecule has 1 aliphatic rings. The van der Waals surface area contributed by atoms with Crippen LogP contribution in [0.3, 0.4) is 0 Å². The van der Waals surface area contributed by atoms with Crippen LogP contribution in [0.5, 0.6) is 5.75 Å². The fraction of sp³-hybridized carbons (Fsp3) is 0.400. The molecule has 1 aliphatic heterocycles. The van der Waals surface area contributed by atoms with E-state index in [0.717, 1.165) is 34.7 Å². The zero-order valence-electron chi connectivity index (χ0n) is 17.2. The normalized spacial score (nSPS) is 14.6. The molecule has 9 nitrogen and oxygen atoms in total. The zero-order valence-corrected chi connectivity index (χ0v) is 18.8. The van der Waals surface area contributed by atoms with Crippen molar-refractivity contribution >= 4 is 48.9 Å². The van der Waals surface area contributed by atoms with Gasteiger partial charge in [-0.25, -0.2) is 4.98 Å². The fourth-order valence-electron chi connectivity index (χ4n) is 3.40. The van der Waals surface area contributed by atoms with Crippen LogP contribution in [0.2, 0.25) is 0 Å². The van der Waals surface area contributed by atoms with E-state index in [4.69, 9.17) is 14.5 Å². The minimum atomic E-state index is -0.481. The average Bonchev–Trinajstić information content (AvgIpc) is 3.43. The number of carbonyl (C=O) groups is 1. The van der Waals surface area contributed by atoms with Crippen molar-refractivity contribution in [2.45, 2.75) is 6.92 Å². The summed E-state index contributed by atoms with van der Waals surface area (Å²) in [4.78, 5) is 32.9. The van der Waals surface area contributed by atoms with Crippen molar-refractivity contribution in [3.05, 3.63) is 44.8 Å². The number of nitrogens with zero attached hydrogens (tertiary/aromatic N) is 4. The second kappa shape index (κ2) is 9.27. The molecule has 0 bridgehead atoms. The standard InChI is InChI=1S/C20H22N4O5S2/c1-13-3-4-14(28-2)17-18(13)31-20(21-17)23(8-7-22-9-11-29-12-10-22)19(25)15-5-6-16(30-15)24(26)27/h3-6H,7-12H2,1-2H3. The summed E-state index contributed by atoms with van der Waals surface area (Å²) in [5.41, 5.74) is 1.76. The van der Waals surface area contributed by atoms with Crippen LogP contribution < -0.4 is 9.64 Å². The summed E-state index contributed by atoms with van der Waals surface area (Å²) in [6.07, 6.45) is 0. The minimum Gasteiger partial charge on any atom is -0.494 e. The summed E-state index contributed by atoms with van der Waals surface area (Å²) in [6.45, 7) is 6.02. The number of rotatable bonds is 7. The van der Waals surface area contributed by atoms with Gasteiger partial charge in [-0.15, -0.1) is 0 Å². The first kappa shape index (κ1) is 21.6. The summed E-state index contributed by atoms with van der Waals surface area (Å²) >= 11 is 2.31. The molecular weight excluding hydrogens is 440 g/mol. The van der Waals surface area contributed by atoms with Crippen molar-refractivity contribution in [2.75, 3.05) is 51.4 Å². The van der Waals surface area contributed by atoms with Crippen molar-refractivity contribution < 1.29 is 19.2 Å². The first-order valence-electron chi connectivity index (χ1n) is 9.78. The van der Waals surface area contributed by atoms with E-state index in [9.17, 15) is 14.9 Å². The number of thiophene rings is 1. The lowest BCUT2D eigenvalue weighted by molar-refractivity contribution is -0.380. The van der Waals surface area contributed by atoms with Gasteiger partial charge < -0.3 is 9.47 Å². The molecular formula is C20H22N4O5S2. The van der Waals surface area contributed by atoms with E-state index >= 15 is 0 Å². The first-order valence-corrected chi connectivity index (χ1v) is 11.4. The third-order valence-electron chi connectivity index (χ3n) is 5.11. The Balaban J connectivity index is 1.68. The van der Waals surface area contributed by atoms with Crippen LogP contribution in [-0.4, -0.2) is 67.2 Å². The Morgan fingerprint density at radius 2 is 2.06 bits per heavy atom. The number of carbonyl (C=O) groups excluding carboxylic acids is 1. The van der Waals surface area contributed by atoms with Crippen molar-refractivity contribution in [2.24, 2.45) is 0 Å². The Kier molecular flexibility index (Phi) is 6.46. The van der Waals surface area contributed by atoms with Gasteiger partial charge in [-0.2, -0.15) is 0 Å². The Morgan fingerprint density at radius 1 is 1.29 bits per heavy atom. The number of hydrogen-bond donors (Lipinski definition) is 0. The van der Waals surface area contributed by atoms with Crippen molar-refractivity contribution in [1.29, 1.82) is 0 Å². The number of fused-ring (bicyclic) bond motifs is 1. The van der Waals surface area contributed by atoms with Gasteiger partial charge in [0.25, 0.3) is 5.91 Å². The minimum absolute atomic E-state index is 0.0571. The Bertz CT molecular complexity index is 1110. The molecule has 164 valence electrons. The topological polar surface area (TPSA) is 98.0 Å². The fourth-order valence-corrected chi connectivity index (χ4v) is 5.25. The Hall–Kier alpha value is -2.60. The van der Waals surface area contributed by atoms with Crippen molar-refractivity contribution in [3.8, 4) is 5.75 Å². The number of hydrogen-bond acceptors (Lipinski definition) is 9. The van der Waals surface area contributed by atoms with Gasteiger partial charge in [0.05, 0.1) is 34.8 Å². The molecule has 1 aromatic carbocycles. The Morgan fingerprint density at radius 3 is 2.74 bits per heavy atom. The molecule has 1 amide bonds. The van der Waals surface area contributed by atoms with E-state index in [1.165, 1.54) is 23.5 Å². The van der Waals surface area contributed by atoms with Crippen LogP contribution in [0.15, 0.2) is 24.3 Å². The van der Waals surface area contributed by atoms with Gasteiger partial charge in [0, 0.05) is 32.2 Å². The van der Waals surface area contributed by atoms with Gasteiger partial charge in [-0.3, -0.25) is 24.7 Å². The molecule has 3 heterocycles. The molecule has 0 N–H and O–H groups in total. The number of aryl methyl sites for hydroxylation is 1. The maximum absolute atomic E-state index is 13.4. The van der Waals surface area contributed by atoms with Gasteiger partial charge >= 0.3 is 5.00 Å². The predicted molar refractivity (Wildman–Crippen MR) is 121 cm³/mol. The highest BCUT2D eigenvalue weighted by Crippen LogP contribution is 2.37. The van der Waals surface area contributed by atoms with Crippen molar-refractivity contribution in [1.82, 2.24) is 9.88 Å². The van der Waals surface area contributed by atoms with E-state index < -0.39 is 4.92 Å². The Labute approximate surface area is 187 Å². The van der Waals surface area contributed by atoms with E-state index in [-0.39, 0.29) is 10.9 Å². The monoisotopic (exact) mass is 462 g/mol. The van der Waals surface area contributed by atoms with Crippen LogP contribution in [0.25, 0.3) is 10.2 Å². The summed E-state index contributed by atoms with van der Waals surface area (Å²) < 4.78 is 11.8. The lowest BCUT2D eigenvalue weighted by atomic mass is 10.2. The van der Waals surface area contributed by atoms with Crippen LogP contribution in [0.1, 0.15) is 15.2 Å². The molecule has 1 saturated heterocycles. The zero-order chi connectivity index (χ0) is 22.0. The average molecular weight is 463 g/mol. The molecule has 0 saturated carbocycles. The molecule has 0 spiro atoms. The van der Waals surface area contributed by atoms with Crippen molar-refractivity contribution in [3.63, 3.8) is 0 Å². The third-order valence-corrected chi connectivity index (χ3v) is 7.35. The highest BCUT2D eigenvalue weighted by Gasteiger charge is 2.26. The van der Waals surface area contributed by atoms with Gasteiger partial charge in [-0.05, 0) is 24.6 Å². The summed E-state index contributed by atoms with van der Waals surface area (Å²) in [7, 11) is 1.59. The number of morpholine rings is 1. The lowest BCUT2D eigenvalue weighted by Crippen LogP contribution is -2.43. The van der Waals surface area contributed by atoms with Crippen LogP contribution in [0, 0.1) is 17.0 Å². The smallest absolute Gasteiger partial charge is 0.324 e.